The first-order chi connectivity index (χ1) is 4.85. The van der Waals surface area contributed by atoms with Crippen molar-refractivity contribution >= 4 is 6.41 Å². The van der Waals surface area contributed by atoms with Gasteiger partial charge in [-0.05, 0) is 6.42 Å². The molecule has 0 aromatic carbocycles. The smallest absolute Gasteiger partial charge is 0.233 e. The minimum atomic E-state index is 0.702. The van der Waals surface area contributed by atoms with Crippen LogP contribution in [0.4, 0.5) is 0 Å². The summed E-state index contributed by atoms with van der Waals surface area (Å²) < 4.78 is 0. The Morgan fingerprint density at radius 3 is 2.60 bits per heavy atom. The van der Waals surface area contributed by atoms with Gasteiger partial charge < -0.3 is 0 Å². The molecule has 0 aromatic heterocycles. The Balaban J connectivity index is 3.17. The molecule has 3 heteroatoms. The van der Waals surface area contributed by atoms with E-state index in [1.54, 1.807) is 0 Å². The maximum Gasteiger partial charge on any atom is 0.233 e. The first-order valence-corrected chi connectivity index (χ1v) is 3.61. The highest BCUT2D eigenvalue weighted by Crippen LogP contribution is 1.95. The summed E-state index contributed by atoms with van der Waals surface area (Å²) in [6.07, 6.45) is 4.03. The Morgan fingerprint density at radius 1 is 1.50 bits per heavy atom. The van der Waals surface area contributed by atoms with Gasteiger partial charge >= 0.3 is 0 Å². The number of hydrogen-bond donors (Lipinski definition) is 0. The molecule has 0 aromatic rings. The Labute approximate surface area is 61.9 Å². The molecule has 0 aliphatic heterocycles. The van der Waals surface area contributed by atoms with Gasteiger partial charge in [0.15, 0.2) is 0 Å². The minimum absolute atomic E-state index is 0.702. The number of amides is 1. The van der Waals surface area contributed by atoms with Crippen LogP contribution in [0.3, 0.4) is 0 Å². The first kappa shape index (κ1) is 9.43. The summed E-state index contributed by atoms with van der Waals surface area (Å²) >= 11 is 0. The van der Waals surface area contributed by atoms with Crippen LogP contribution in [0.25, 0.3) is 0 Å². The van der Waals surface area contributed by atoms with E-state index < -0.39 is 0 Å². The molecule has 3 nitrogen and oxygen atoms in total. The molecule has 0 N–H and O–H groups in total. The fourth-order valence-corrected chi connectivity index (χ4v) is 0.705. The van der Waals surface area contributed by atoms with E-state index in [9.17, 15) is 4.79 Å². The lowest BCUT2D eigenvalue weighted by Crippen LogP contribution is -2.21. The van der Waals surface area contributed by atoms with Gasteiger partial charge in [-0.15, -0.1) is 0 Å². The Morgan fingerprint density at radius 2 is 2.20 bits per heavy atom. The lowest BCUT2D eigenvalue weighted by atomic mass is 10.2. The van der Waals surface area contributed by atoms with E-state index in [0.29, 0.717) is 13.0 Å². The average molecular weight is 145 g/mol. The third kappa shape index (κ3) is 4.32. The lowest BCUT2D eigenvalue weighted by molar-refractivity contribution is -0.160. The van der Waals surface area contributed by atoms with Crippen LogP contribution in [-0.2, 0) is 9.63 Å². The number of carbonyl (C=O) groups excluding carboxylic acids is 1. The van der Waals surface area contributed by atoms with Crippen molar-refractivity contribution in [1.29, 1.82) is 0 Å². The summed E-state index contributed by atoms with van der Waals surface area (Å²) in [6, 6.07) is 0. The molecule has 0 saturated heterocycles. The monoisotopic (exact) mass is 145 g/mol. The van der Waals surface area contributed by atoms with Crippen LogP contribution >= 0.6 is 0 Å². The molecule has 0 rings (SSSR count). The van der Waals surface area contributed by atoms with Crippen LogP contribution in [0, 0.1) is 0 Å². The SMILES string of the molecule is CCCCCN(C=O)OC. The minimum Gasteiger partial charge on any atom is -0.276 e. The summed E-state index contributed by atoms with van der Waals surface area (Å²) in [4.78, 5) is 14.8. The standard InChI is InChI=1S/C7H15NO2/c1-3-4-5-6-8(7-9)10-2/h7H,3-6H2,1-2H3. The third-order valence-corrected chi connectivity index (χ3v) is 1.33. The van der Waals surface area contributed by atoms with Crippen molar-refractivity contribution in [3.05, 3.63) is 0 Å². The van der Waals surface area contributed by atoms with Gasteiger partial charge in [-0.1, -0.05) is 19.8 Å². The summed E-state index contributed by atoms with van der Waals surface area (Å²) in [5, 5.41) is 1.30. The molecule has 0 spiro atoms. The van der Waals surface area contributed by atoms with Gasteiger partial charge in [0.05, 0.1) is 7.11 Å². The molecule has 0 aliphatic carbocycles. The second-order valence-electron chi connectivity index (χ2n) is 2.14. The number of rotatable bonds is 6. The van der Waals surface area contributed by atoms with E-state index in [-0.39, 0.29) is 0 Å². The van der Waals surface area contributed by atoms with Crippen molar-refractivity contribution in [3.63, 3.8) is 0 Å². The quantitative estimate of drug-likeness (QED) is 0.319. The third-order valence-electron chi connectivity index (χ3n) is 1.33. The first-order valence-electron chi connectivity index (χ1n) is 3.61. The average Bonchev–Trinajstić information content (AvgIpc) is 1.99. The fraction of sp³-hybridized carbons (Fsp3) is 0.857. The van der Waals surface area contributed by atoms with E-state index in [4.69, 9.17) is 4.84 Å². The molecule has 1 amide bonds. The molecule has 0 unspecified atom stereocenters. The van der Waals surface area contributed by atoms with E-state index in [0.717, 1.165) is 19.3 Å². The highest BCUT2D eigenvalue weighted by atomic mass is 16.7. The highest BCUT2D eigenvalue weighted by molar-refractivity contribution is 5.44. The largest absolute Gasteiger partial charge is 0.276 e. The summed E-state index contributed by atoms with van der Waals surface area (Å²) in [5.41, 5.74) is 0. The van der Waals surface area contributed by atoms with Gasteiger partial charge in [-0.25, -0.2) is 5.06 Å². The molecule has 0 aliphatic rings. The van der Waals surface area contributed by atoms with Crippen LogP contribution < -0.4 is 0 Å². The van der Waals surface area contributed by atoms with E-state index in [1.165, 1.54) is 12.2 Å². The predicted octanol–water partition coefficient (Wildman–Crippen LogP) is 1.20. The Hall–Kier alpha value is -0.570. The number of nitrogens with zero attached hydrogens (tertiary/aromatic N) is 1. The lowest BCUT2D eigenvalue weighted by Gasteiger charge is -2.12. The zero-order valence-electron chi connectivity index (χ0n) is 6.67. The van der Waals surface area contributed by atoms with Crippen molar-refractivity contribution in [3.8, 4) is 0 Å². The summed E-state index contributed by atoms with van der Waals surface area (Å²) in [6.45, 7) is 2.83. The molecular weight excluding hydrogens is 130 g/mol. The second kappa shape index (κ2) is 6.55. The molecular formula is C7H15NO2. The van der Waals surface area contributed by atoms with Crippen molar-refractivity contribution in [2.24, 2.45) is 0 Å². The van der Waals surface area contributed by atoms with E-state index >= 15 is 0 Å². The predicted molar refractivity (Wildman–Crippen MR) is 39.3 cm³/mol. The van der Waals surface area contributed by atoms with Crippen molar-refractivity contribution in [1.82, 2.24) is 5.06 Å². The van der Waals surface area contributed by atoms with Gasteiger partial charge in [0.1, 0.15) is 0 Å². The van der Waals surface area contributed by atoms with Gasteiger partial charge in [0.2, 0.25) is 6.41 Å². The number of hydroxylamine groups is 2. The van der Waals surface area contributed by atoms with Crippen molar-refractivity contribution < 1.29 is 9.63 Å². The van der Waals surface area contributed by atoms with Crippen LogP contribution in [0.2, 0.25) is 0 Å². The summed E-state index contributed by atoms with van der Waals surface area (Å²) in [7, 11) is 1.50. The summed E-state index contributed by atoms with van der Waals surface area (Å²) in [5.74, 6) is 0. The van der Waals surface area contributed by atoms with Crippen LogP contribution in [0.1, 0.15) is 26.2 Å². The van der Waals surface area contributed by atoms with Crippen molar-refractivity contribution in [2.45, 2.75) is 26.2 Å². The Bertz CT molecular complexity index is 85.7. The maximum absolute atomic E-state index is 10.1. The van der Waals surface area contributed by atoms with Gasteiger partial charge in [-0.2, -0.15) is 0 Å². The molecule has 10 heavy (non-hydrogen) atoms. The van der Waals surface area contributed by atoms with Gasteiger partial charge in [0, 0.05) is 6.54 Å². The fourth-order valence-electron chi connectivity index (χ4n) is 0.705. The molecule has 0 radical (unpaired) electrons. The zero-order valence-corrected chi connectivity index (χ0v) is 6.67. The molecule has 0 heterocycles. The normalized spacial score (nSPS) is 9.40. The van der Waals surface area contributed by atoms with Gasteiger partial charge in [0.25, 0.3) is 0 Å². The number of unbranched alkanes of at least 4 members (excludes halogenated alkanes) is 2. The molecule has 0 atom stereocenters. The zero-order chi connectivity index (χ0) is 7.82. The van der Waals surface area contributed by atoms with Crippen LogP contribution in [0.5, 0.6) is 0 Å². The number of hydrogen-bond acceptors (Lipinski definition) is 2. The highest BCUT2D eigenvalue weighted by Gasteiger charge is 1.96. The van der Waals surface area contributed by atoms with Crippen LogP contribution in [0.15, 0.2) is 0 Å². The molecule has 0 fully saturated rings. The topological polar surface area (TPSA) is 29.5 Å². The second-order valence-corrected chi connectivity index (χ2v) is 2.14. The molecule has 0 saturated carbocycles. The van der Waals surface area contributed by atoms with E-state index in [1.807, 2.05) is 0 Å². The Kier molecular flexibility index (Phi) is 6.18. The van der Waals surface area contributed by atoms with Gasteiger partial charge in [-0.3, -0.25) is 9.63 Å². The number of carbonyl (C=O) groups is 1. The maximum atomic E-state index is 10.1. The molecule has 60 valence electrons. The van der Waals surface area contributed by atoms with E-state index in [2.05, 4.69) is 6.92 Å². The molecule has 0 bridgehead atoms. The van der Waals surface area contributed by atoms with Crippen molar-refractivity contribution in [2.75, 3.05) is 13.7 Å². The van der Waals surface area contributed by atoms with Crippen LogP contribution in [-0.4, -0.2) is 25.1 Å².